The van der Waals surface area contributed by atoms with E-state index < -0.39 is 5.97 Å². The predicted molar refractivity (Wildman–Crippen MR) is 78.4 cm³/mol. The van der Waals surface area contributed by atoms with Gasteiger partial charge in [-0.3, -0.25) is 9.59 Å². The number of amides is 1. The smallest absolute Gasteiger partial charge is 0.305 e. The first-order valence-electron chi connectivity index (χ1n) is 7.35. The molecule has 0 saturated carbocycles. The molecule has 0 fully saturated rings. The number of para-hydroxylation sites is 1. The van der Waals surface area contributed by atoms with Gasteiger partial charge in [-0.25, -0.2) is 0 Å². The molecule has 1 aromatic carbocycles. The van der Waals surface area contributed by atoms with Gasteiger partial charge in [0.25, 0.3) is 0 Å². The van der Waals surface area contributed by atoms with Crippen LogP contribution in [-0.4, -0.2) is 29.6 Å². The number of ether oxygens (including phenoxy) is 1. The monoisotopic (exact) mass is 291 g/mol. The fraction of sp³-hybridized carbons (Fsp3) is 0.500. The summed E-state index contributed by atoms with van der Waals surface area (Å²) in [7, 11) is 0. The number of benzene rings is 1. The molecule has 0 radical (unpaired) electrons. The molecule has 2 atom stereocenters. The highest BCUT2D eigenvalue weighted by Gasteiger charge is 2.29. The Bertz CT molecular complexity index is 515. The van der Waals surface area contributed by atoms with Crippen LogP contribution in [0.3, 0.4) is 0 Å². The third kappa shape index (κ3) is 3.97. The Labute approximate surface area is 124 Å². The van der Waals surface area contributed by atoms with Crippen LogP contribution >= 0.6 is 0 Å². The molecule has 0 aliphatic carbocycles. The summed E-state index contributed by atoms with van der Waals surface area (Å²) in [5.74, 6) is -0.510. The molecular weight excluding hydrogens is 270 g/mol. The highest BCUT2D eigenvalue weighted by molar-refractivity contribution is 5.85. The summed E-state index contributed by atoms with van der Waals surface area (Å²) in [6.45, 7) is 2.48. The van der Waals surface area contributed by atoms with Crippen molar-refractivity contribution in [3.8, 4) is 5.75 Å². The summed E-state index contributed by atoms with van der Waals surface area (Å²) in [4.78, 5) is 23.3. The van der Waals surface area contributed by atoms with E-state index in [0.29, 0.717) is 19.4 Å². The molecule has 2 unspecified atom stereocenters. The molecule has 0 bridgehead atoms. The zero-order valence-electron chi connectivity index (χ0n) is 12.2. The van der Waals surface area contributed by atoms with E-state index in [1.165, 1.54) is 0 Å². The average molecular weight is 291 g/mol. The van der Waals surface area contributed by atoms with E-state index in [4.69, 9.17) is 9.84 Å². The Balaban J connectivity index is 2.08. The van der Waals surface area contributed by atoms with E-state index in [1.807, 2.05) is 31.2 Å². The number of nitrogens with one attached hydrogen (secondary N) is 1. The molecule has 114 valence electrons. The van der Waals surface area contributed by atoms with Crippen molar-refractivity contribution in [2.75, 3.05) is 6.61 Å². The third-order valence-electron chi connectivity index (χ3n) is 3.68. The van der Waals surface area contributed by atoms with Crippen LogP contribution in [-0.2, 0) is 9.59 Å². The summed E-state index contributed by atoms with van der Waals surface area (Å²) < 4.78 is 5.55. The highest BCUT2D eigenvalue weighted by atomic mass is 16.5. The maximum Gasteiger partial charge on any atom is 0.305 e. The Morgan fingerprint density at radius 2 is 2.19 bits per heavy atom. The number of carboxylic acids is 1. The van der Waals surface area contributed by atoms with Gasteiger partial charge in [-0.05, 0) is 18.9 Å². The summed E-state index contributed by atoms with van der Waals surface area (Å²) in [5, 5.41) is 11.8. The number of carbonyl (C=O) groups is 2. The van der Waals surface area contributed by atoms with E-state index in [0.717, 1.165) is 17.7 Å². The van der Waals surface area contributed by atoms with Gasteiger partial charge in [0.2, 0.25) is 5.91 Å². The molecule has 1 aromatic rings. The topological polar surface area (TPSA) is 75.6 Å². The highest BCUT2D eigenvalue weighted by Crippen LogP contribution is 2.33. The fourth-order valence-corrected chi connectivity index (χ4v) is 2.70. The van der Waals surface area contributed by atoms with Gasteiger partial charge in [0, 0.05) is 11.6 Å². The number of aliphatic carboxylic acids is 1. The summed E-state index contributed by atoms with van der Waals surface area (Å²) in [6, 6.07) is 7.20. The first-order chi connectivity index (χ1) is 10.1. The van der Waals surface area contributed by atoms with Crippen molar-refractivity contribution in [1.29, 1.82) is 0 Å². The first-order valence-corrected chi connectivity index (χ1v) is 7.35. The number of carboxylic acid groups (broad SMARTS) is 1. The lowest BCUT2D eigenvalue weighted by Gasteiger charge is -2.27. The van der Waals surface area contributed by atoms with E-state index in [1.54, 1.807) is 0 Å². The molecule has 5 nitrogen and oxygen atoms in total. The molecule has 1 amide bonds. The molecule has 1 aliphatic heterocycles. The maximum absolute atomic E-state index is 12.5. The van der Waals surface area contributed by atoms with E-state index in [9.17, 15) is 9.59 Å². The van der Waals surface area contributed by atoms with Crippen LogP contribution in [0.15, 0.2) is 24.3 Å². The second-order valence-corrected chi connectivity index (χ2v) is 5.32. The number of hydrogen-bond donors (Lipinski definition) is 2. The normalized spacial score (nSPS) is 18.2. The second-order valence-electron chi connectivity index (χ2n) is 5.32. The summed E-state index contributed by atoms with van der Waals surface area (Å²) in [5.41, 5.74) is 0.881. The van der Waals surface area contributed by atoms with Gasteiger partial charge in [-0.1, -0.05) is 31.5 Å². The molecular formula is C16H21NO4. The Kier molecular flexibility index (Phi) is 5.20. The Morgan fingerprint density at radius 1 is 1.43 bits per heavy atom. The van der Waals surface area contributed by atoms with Crippen LogP contribution < -0.4 is 10.1 Å². The molecule has 0 spiro atoms. The van der Waals surface area contributed by atoms with Crippen LogP contribution in [0.2, 0.25) is 0 Å². The number of hydrogen-bond acceptors (Lipinski definition) is 3. The molecule has 1 heterocycles. The standard InChI is InChI=1S/C16H21NO4/c1-2-5-11(10-15(18)19)17-16(20)13-8-9-21-14-7-4-3-6-12(13)14/h3-4,6-7,11,13H,2,5,8-10H2,1H3,(H,17,20)(H,18,19). The SMILES string of the molecule is CCCC(CC(=O)O)NC(=O)C1CCOc2ccccc21. The van der Waals surface area contributed by atoms with Gasteiger partial charge in [-0.15, -0.1) is 0 Å². The van der Waals surface area contributed by atoms with E-state index >= 15 is 0 Å². The second kappa shape index (κ2) is 7.11. The van der Waals surface area contributed by atoms with Gasteiger partial charge in [0.05, 0.1) is 18.9 Å². The molecule has 21 heavy (non-hydrogen) atoms. The van der Waals surface area contributed by atoms with Crippen LogP contribution in [0, 0.1) is 0 Å². The predicted octanol–water partition coefficient (Wildman–Crippen LogP) is 2.31. The fourth-order valence-electron chi connectivity index (χ4n) is 2.70. The van der Waals surface area contributed by atoms with Crippen molar-refractivity contribution in [2.24, 2.45) is 0 Å². The van der Waals surface area contributed by atoms with Crippen LogP contribution in [0.4, 0.5) is 0 Å². The van der Waals surface area contributed by atoms with Crippen molar-refractivity contribution in [2.45, 2.75) is 44.6 Å². The van der Waals surface area contributed by atoms with Gasteiger partial charge >= 0.3 is 5.97 Å². The van der Waals surface area contributed by atoms with E-state index in [2.05, 4.69) is 5.32 Å². The van der Waals surface area contributed by atoms with Crippen LogP contribution in [0.25, 0.3) is 0 Å². The molecule has 2 N–H and O–H groups in total. The summed E-state index contributed by atoms with van der Waals surface area (Å²) in [6.07, 6.45) is 2.09. The lowest BCUT2D eigenvalue weighted by molar-refractivity contribution is -0.137. The van der Waals surface area contributed by atoms with Crippen molar-refractivity contribution in [1.82, 2.24) is 5.32 Å². The van der Waals surface area contributed by atoms with E-state index in [-0.39, 0.29) is 24.3 Å². The third-order valence-corrected chi connectivity index (χ3v) is 3.68. The van der Waals surface area contributed by atoms with Gasteiger partial charge < -0.3 is 15.2 Å². The van der Waals surface area contributed by atoms with Crippen molar-refractivity contribution in [3.05, 3.63) is 29.8 Å². The van der Waals surface area contributed by atoms with Crippen LogP contribution in [0.1, 0.15) is 44.1 Å². The van der Waals surface area contributed by atoms with Crippen molar-refractivity contribution in [3.63, 3.8) is 0 Å². The van der Waals surface area contributed by atoms with Crippen LogP contribution in [0.5, 0.6) is 5.75 Å². The quantitative estimate of drug-likeness (QED) is 0.843. The first kappa shape index (κ1) is 15.4. The largest absolute Gasteiger partial charge is 0.493 e. The maximum atomic E-state index is 12.5. The Hall–Kier alpha value is -2.04. The van der Waals surface area contributed by atoms with Crippen molar-refractivity contribution < 1.29 is 19.4 Å². The molecule has 0 aromatic heterocycles. The minimum Gasteiger partial charge on any atom is -0.493 e. The Morgan fingerprint density at radius 3 is 2.90 bits per heavy atom. The minimum atomic E-state index is -0.888. The number of fused-ring (bicyclic) bond motifs is 1. The number of carbonyl (C=O) groups excluding carboxylic acids is 1. The zero-order valence-corrected chi connectivity index (χ0v) is 12.2. The summed E-state index contributed by atoms with van der Waals surface area (Å²) >= 11 is 0. The number of rotatable bonds is 6. The molecule has 1 aliphatic rings. The molecule has 2 rings (SSSR count). The average Bonchev–Trinajstić information content (AvgIpc) is 2.46. The molecule has 5 heteroatoms. The van der Waals surface area contributed by atoms with Gasteiger partial charge in [0.15, 0.2) is 0 Å². The zero-order chi connectivity index (χ0) is 15.2. The van der Waals surface area contributed by atoms with Gasteiger partial charge in [0.1, 0.15) is 5.75 Å². The lowest BCUT2D eigenvalue weighted by Crippen LogP contribution is -2.40. The minimum absolute atomic E-state index is 0.0373. The van der Waals surface area contributed by atoms with Crippen molar-refractivity contribution >= 4 is 11.9 Å². The van der Waals surface area contributed by atoms with Gasteiger partial charge in [-0.2, -0.15) is 0 Å². The lowest BCUT2D eigenvalue weighted by atomic mass is 9.92. The molecule has 0 saturated heterocycles.